The molecule has 6 aromatic rings. The maximum absolute atomic E-state index is 14.2. The molecule has 0 aliphatic carbocycles. The van der Waals surface area contributed by atoms with Crippen molar-refractivity contribution in [3.8, 4) is 5.75 Å². The molecule has 2 N–H and O–H groups in total. The lowest BCUT2D eigenvalue weighted by atomic mass is 9.98. The van der Waals surface area contributed by atoms with Gasteiger partial charge in [-0.25, -0.2) is 4.79 Å². The molecule has 0 radical (unpaired) electrons. The van der Waals surface area contributed by atoms with Crippen LogP contribution in [0.15, 0.2) is 121 Å². The van der Waals surface area contributed by atoms with E-state index in [4.69, 9.17) is 9.47 Å². The number of ether oxygens (including phenoxy) is 2. The standard InChI is InChI=1S/C52H53N5O8/c1-33(58)53-48(37-12-6-4-7-13-37)50(61)55-26-10-16-42(55)46(59)30-35-20-24-40-41-25-21-36(29-45(41)57(44(40)28-35)32-34-18-22-39(64-2)23-19-34)31-47(60)43-17-11-27-56(43)51(62)49(54-52(63)65-3)38-14-8-5-9-15-38/h4-9,12-15,18-25,28-29,42-43,48-49H,10-11,16-17,26-27,30-32H2,1-3H3,(H,53,58)(H,54,63)/t42-,43-,48+,49+/m0/s1. The third-order valence-electron chi connectivity index (χ3n) is 12.6. The average Bonchev–Trinajstić information content (AvgIpc) is 4.09. The van der Waals surface area contributed by atoms with Gasteiger partial charge in [-0.3, -0.25) is 24.0 Å². The topological polar surface area (TPSA) is 156 Å². The smallest absolute Gasteiger partial charge is 0.407 e. The molecule has 4 atom stereocenters. The fourth-order valence-electron chi connectivity index (χ4n) is 9.44. The number of ketones is 2. The molecule has 2 aliphatic heterocycles. The summed E-state index contributed by atoms with van der Waals surface area (Å²) in [5, 5.41) is 7.43. The lowest BCUT2D eigenvalue weighted by Crippen LogP contribution is -2.47. The molecule has 8 rings (SSSR count). The molecule has 0 saturated carbocycles. The Morgan fingerprint density at radius 2 is 1.06 bits per heavy atom. The lowest BCUT2D eigenvalue weighted by Gasteiger charge is -2.28. The van der Waals surface area contributed by atoms with Crippen LogP contribution in [0.4, 0.5) is 4.79 Å². The molecular formula is C52H53N5O8. The predicted octanol–water partition coefficient (Wildman–Crippen LogP) is 7.03. The zero-order valence-electron chi connectivity index (χ0n) is 36.8. The van der Waals surface area contributed by atoms with Crippen LogP contribution in [0, 0.1) is 0 Å². The monoisotopic (exact) mass is 875 g/mol. The minimum absolute atomic E-state index is 0.0703. The Bertz CT molecular complexity index is 2740. The summed E-state index contributed by atoms with van der Waals surface area (Å²) in [6.07, 6.45) is 1.86. The summed E-state index contributed by atoms with van der Waals surface area (Å²) in [6, 6.07) is 34.7. The van der Waals surface area contributed by atoms with E-state index in [0.717, 1.165) is 44.2 Å². The summed E-state index contributed by atoms with van der Waals surface area (Å²) in [7, 11) is 2.87. The highest BCUT2D eigenvalue weighted by Crippen LogP contribution is 2.34. The molecule has 65 heavy (non-hydrogen) atoms. The van der Waals surface area contributed by atoms with Gasteiger partial charge >= 0.3 is 6.09 Å². The Morgan fingerprint density at radius 1 is 0.600 bits per heavy atom. The molecule has 2 aliphatic rings. The third kappa shape index (κ3) is 9.64. The number of rotatable bonds is 15. The zero-order valence-corrected chi connectivity index (χ0v) is 36.8. The lowest BCUT2D eigenvalue weighted by molar-refractivity contribution is -0.140. The first-order chi connectivity index (χ1) is 31.5. The summed E-state index contributed by atoms with van der Waals surface area (Å²) in [4.78, 5) is 84.2. The van der Waals surface area contributed by atoms with Crippen LogP contribution in [0.25, 0.3) is 21.8 Å². The van der Waals surface area contributed by atoms with Gasteiger partial charge in [0.25, 0.3) is 5.91 Å². The van der Waals surface area contributed by atoms with Crippen molar-refractivity contribution in [1.29, 1.82) is 0 Å². The molecule has 4 amide bonds. The third-order valence-corrected chi connectivity index (χ3v) is 12.6. The Labute approximate surface area is 377 Å². The number of aromatic nitrogens is 1. The predicted molar refractivity (Wildman–Crippen MR) is 246 cm³/mol. The van der Waals surface area contributed by atoms with E-state index in [-0.39, 0.29) is 42.1 Å². The number of Topliss-reactive ketones (excluding diaryl/α,β-unsaturated/α-hetero) is 2. The number of benzene rings is 5. The highest BCUT2D eigenvalue weighted by atomic mass is 16.5. The van der Waals surface area contributed by atoms with Crippen LogP contribution in [0.2, 0.25) is 0 Å². The molecule has 0 unspecified atom stereocenters. The van der Waals surface area contributed by atoms with Gasteiger partial charge in [-0.1, -0.05) is 97.1 Å². The summed E-state index contributed by atoms with van der Waals surface area (Å²) >= 11 is 0. The molecule has 1 aromatic heterocycles. The summed E-state index contributed by atoms with van der Waals surface area (Å²) in [5.74, 6) is -0.423. The number of nitrogens with one attached hydrogen (secondary N) is 2. The van der Waals surface area contributed by atoms with Crippen molar-refractivity contribution in [2.45, 2.75) is 76.2 Å². The quantitative estimate of drug-likeness (QED) is 0.111. The van der Waals surface area contributed by atoms with Crippen LogP contribution in [0.1, 0.15) is 72.5 Å². The van der Waals surface area contributed by atoms with Crippen LogP contribution >= 0.6 is 0 Å². The number of amides is 4. The highest BCUT2D eigenvalue weighted by Gasteiger charge is 2.39. The molecule has 0 spiro atoms. The van der Waals surface area contributed by atoms with E-state index in [1.165, 1.54) is 14.0 Å². The normalized spacial score (nSPS) is 16.8. The minimum Gasteiger partial charge on any atom is -0.497 e. The van der Waals surface area contributed by atoms with Crippen molar-refractivity contribution in [3.63, 3.8) is 0 Å². The van der Waals surface area contributed by atoms with Crippen molar-refractivity contribution in [1.82, 2.24) is 25.0 Å². The van der Waals surface area contributed by atoms with Gasteiger partial charge < -0.3 is 34.5 Å². The van der Waals surface area contributed by atoms with E-state index in [1.807, 2.05) is 84.9 Å². The molecule has 5 aromatic carbocycles. The Morgan fingerprint density at radius 3 is 1.51 bits per heavy atom. The number of fused-ring (bicyclic) bond motifs is 3. The molecular weight excluding hydrogens is 823 g/mol. The van der Waals surface area contributed by atoms with Gasteiger partial charge in [0.1, 0.15) is 17.8 Å². The van der Waals surface area contributed by atoms with Gasteiger partial charge in [-0.2, -0.15) is 0 Å². The van der Waals surface area contributed by atoms with Crippen molar-refractivity contribution < 1.29 is 38.2 Å². The maximum atomic E-state index is 14.2. The molecule has 334 valence electrons. The first-order valence-corrected chi connectivity index (χ1v) is 22.1. The molecule has 13 nitrogen and oxygen atoms in total. The van der Waals surface area contributed by atoms with Gasteiger partial charge in [0.15, 0.2) is 11.6 Å². The zero-order chi connectivity index (χ0) is 45.6. The number of likely N-dealkylation sites (tertiary alicyclic amines) is 2. The van der Waals surface area contributed by atoms with Crippen LogP contribution in [0.5, 0.6) is 5.75 Å². The summed E-state index contributed by atoms with van der Waals surface area (Å²) in [5.41, 5.74) is 5.69. The van der Waals surface area contributed by atoms with Gasteiger partial charge in [-0.05, 0) is 77.8 Å². The van der Waals surface area contributed by atoms with E-state index >= 15 is 0 Å². The molecule has 3 heterocycles. The van der Waals surface area contributed by atoms with Crippen LogP contribution < -0.4 is 15.4 Å². The number of methoxy groups -OCH3 is 2. The molecule has 2 fully saturated rings. The fraction of sp³-hybridized carbons (Fsp3) is 0.308. The second-order valence-electron chi connectivity index (χ2n) is 16.8. The summed E-state index contributed by atoms with van der Waals surface area (Å²) in [6.45, 7) is 2.69. The Hall–Kier alpha value is -7.28. The number of carbonyl (C=O) groups excluding carboxylic acids is 6. The Kier molecular flexibility index (Phi) is 13.4. The average molecular weight is 876 g/mol. The fourth-order valence-corrected chi connectivity index (χ4v) is 9.44. The van der Waals surface area contributed by atoms with Gasteiger partial charge in [0.05, 0.1) is 26.3 Å². The highest BCUT2D eigenvalue weighted by molar-refractivity contribution is 6.09. The summed E-state index contributed by atoms with van der Waals surface area (Å²) < 4.78 is 12.5. The van der Waals surface area contributed by atoms with E-state index in [0.29, 0.717) is 56.4 Å². The van der Waals surface area contributed by atoms with Crippen molar-refractivity contribution in [2.75, 3.05) is 27.3 Å². The number of alkyl carbamates (subject to hydrolysis) is 1. The van der Waals surface area contributed by atoms with Crippen LogP contribution in [-0.2, 0) is 48.1 Å². The van der Waals surface area contributed by atoms with Crippen molar-refractivity contribution >= 4 is 57.2 Å². The largest absolute Gasteiger partial charge is 0.497 e. The van der Waals surface area contributed by atoms with Crippen LogP contribution in [0.3, 0.4) is 0 Å². The van der Waals surface area contributed by atoms with E-state index in [2.05, 4.69) is 15.2 Å². The number of hydrogen-bond donors (Lipinski definition) is 2. The second kappa shape index (κ2) is 19.6. The molecule has 2 saturated heterocycles. The number of hydrogen-bond acceptors (Lipinski definition) is 8. The number of carbonyl (C=O) groups is 6. The van der Waals surface area contributed by atoms with Gasteiger partial charge in [-0.15, -0.1) is 0 Å². The Balaban J connectivity index is 1.07. The van der Waals surface area contributed by atoms with Crippen molar-refractivity contribution in [2.24, 2.45) is 0 Å². The van der Waals surface area contributed by atoms with Crippen LogP contribution in [-0.4, -0.2) is 89.1 Å². The van der Waals surface area contributed by atoms with E-state index in [9.17, 15) is 28.8 Å². The first kappa shape index (κ1) is 44.3. The minimum atomic E-state index is -1.01. The number of nitrogens with zero attached hydrogens (tertiary/aromatic N) is 3. The first-order valence-electron chi connectivity index (χ1n) is 22.1. The molecule has 13 heteroatoms. The maximum Gasteiger partial charge on any atom is 0.407 e. The SMILES string of the molecule is COC(=O)N[C@@H](C(=O)N1CCC[C@H]1C(=O)Cc1ccc2c3ccc(CC(=O)[C@@H]4CCCN4C(=O)[C@H](NC(C)=O)c4ccccc4)cc3n(Cc3ccc(OC)cc3)c2c1)c1ccccc1. The second-order valence-corrected chi connectivity index (χ2v) is 16.8. The van der Waals surface area contributed by atoms with Gasteiger partial charge in [0, 0.05) is 61.2 Å². The van der Waals surface area contributed by atoms with Gasteiger partial charge in [0.2, 0.25) is 11.8 Å². The van der Waals surface area contributed by atoms with E-state index in [1.54, 1.807) is 53.3 Å². The molecule has 0 bridgehead atoms. The van der Waals surface area contributed by atoms with Crippen molar-refractivity contribution in [3.05, 3.63) is 149 Å². The van der Waals surface area contributed by atoms with E-state index < -0.39 is 30.3 Å².